The van der Waals surface area contributed by atoms with Crippen LogP contribution in [0.1, 0.15) is 136 Å². The molecule has 57 heavy (non-hydrogen) atoms. The molecule has 1 amide bonds. The third kappa shape index (κ3) is 9.68. The van der Waals surface area contributed by atoms with E-state index in [1.54, 1.807) is 11.0 Å². The van der Waals surface area contributed by atoms with Crippen molar-refractivity contribution in [2.75, 3.05) is 6.54 Å². The number of ketones is 1. The van der Waals surface area contributed by atoms with E-state index in [2.05, 4.69) is 26.8 Å². The van der Waals surface area contributed by atoms with Gasteiger partial charge in [-0.1, -0.05) is 100 Å². The van der Waals surface area contributed by atoms with Crippen LogP contribution in [0.2, 0.25) is 0 Å². The number of aliphatic hydroxyl groups excluding tert-OH is 1. The SMILES string of the molecule is CC1=CCC[C@@]2(C)[C@@H](CC[C@@]2(O)CN(Cc2ccccc2)C(=O)O[C@H]2C[C@@H](C)CC[C@@H]2C(C)C)c2ccc(cc2C(=O)c2cccc(C(F)(F)F)c2)C[C@@H](O)CC1. The van der Waals surface area contributed by atoms with Crippen molar-refractivity contribution >= 4 is 11.9 Å². The van der Waals surface area contributed by atoms with Gasteiger partial charge in [0.15, 0.2) is 5.78 Å². The second kappa shape index (κ2) is 17.5. The van der Waals surface area contributed by atoms with Gasteiger partial charge in [-0.05, 0) is 123 Å². The van der Waals surface area contributed by atoms with E-state index in [9.17, 15) is 33.0 Å². The van der Waals surface area contributed by atoms with Crippen molar-refractivity contribution in [1.82, 2.24) is 4.90 Å². The lowest BCUT2D eigenvalue weighted by Crippen LogP contribution is -2.54. The molecule has 0 heterocycles. The molecule has 2 bridgehead atoms. The minimum atomic E-state index is -4.62. The number of carbonyl (C=O) groups is 2. The van der Waals surface area contributed by atoms with Crippen LogP contribution < -0.4 is 0 Å². The highest BCUT2D eigenvalue weighted by Gasteiger charge is 2.58. The molecule has 7 rings (SSSR count). The number of benzene rings is 3. The number of ether oxygens (including phenoxy) is 1. The molecule has 3 aromatic rings. The van der Waals surface area contributed by atoms with Crippen LogP contribution in [0.25, 0.3) is 0 Å². The van der Waals surface area contributed by atoms with Gasteiger partial charge in [-0.2, -0.15) is 13.2 Å². The summed E-state index contributed by atoms with van der Waals surface area (Å²) in [5.41, 5.74) is 0.424. The number of fused-ring (bicyclic) bond motifs is 8. The summed E-state index contributed by atoms with van der Waals surface area (Å²) in [6.07, 6.45) is 2.50. The van der Waals surface area contributed by atoms with E-state index < -0.39 is 40.7 Å². The fourth-order valence-corrected chi connectivity index (χ4v) is 9.95. The molecular weight excluding hydrogens is 728 g/mol. The molecule has 0 aromatic heterocycles. The zero-order valence-corrected chi connectivity index (χ0v) is 34.2. The summed E-state index contributed by atoms with van der Waals surface area (Å²) in [5.74, 6) is 0.112. The summed E-state index contributed by atoms with van der Waals surface area (Å²) >= 11 is 0. The van der Waals surface area contributed by atoms with Crippen LogP contribution in [0.3, 0.4) is 0 Å². The number of amides is 1. The van der Waals surface area contributed by atoms with Gasteiger partial charge < -0.3 is 19.8 Å². The van der Waals surface area contributed by atoms with E-state index in [1.807, 2.05) is 56.3 Å². The van der Waals surface area contributed by atoms with Crippen molar-refractivity contribution in [1.29, 1.82) is 0 Å². The summed E-state index contributed by atoms with van der Waals surface area (Å²) in [6, 6.07) is 19.7. The number of halogens is 3. The van der Waals surface area contributed by atoms with E-state index in [0.717, 1.165) is 42.5 Å². The zero-order valence-electron chi connectivity index (χ0n) is 34.2. The molecule has 2 N–H and O–H groups in total. The Morgan fingerprint density at radius 3 is 2.44 bits per heavy atom. The molecule has 0 unspecified atom stereocenters. The number of carbonyl (C=O) groups excluding carboxylic acids is 2. The van der Waals surface area contributed by atoms with Gasteiger partial charge in [0.25, 0.3) is 0 Å². The molecule has 4 aliphatic carbocycles. The smallest absolute Gasteiger partial charge is 0.416 e. The van der Waals surface area contributed by atoms with E-state index >= 15 is 0 Å². The maximum Gasteiger partial charge on any atom is 0.416 e. The average molecular weight is 788 g/mol. The summed E-state index contributed by atoms with van der Waals surface area (Å²) in [6.45, 7) is 10.9. The van der Waals surface area contributed by atoms with Crippen LogP contribution in [0.5, 0.6) is 0 Å². The maximum absolute atomic E-state index is 14.5. The normalized spacial score (nSPS) is 28.3. The number of nitrogens with zero attached hydrogens (tertiary/aromatic N) is 1. The Balaban J connectivity index is 1.41. The highest BCUT2D eigenvalue weighted by Crippen LogP contribution is 2.59. The first-order chi connectivity index (χ1) is 27.0. The van der Waals surface area contributed by atoms with Crippen molar-refractivity contribution in [2.24, 2.45) is 23.2 Å². The van der Waals surface area contributed by atoms with Gasteiger partial charge in [-0.3, -0.25) is 4.79 Å². The molecule has 3 aromatic carbocycles. The number of alkyl halides is 3. The van der Waals surface area contributed by atoms with Crippen LogP contribution in [-0.2, 0) is 23.9 Å². The molecule has 9 heteroatoms. The number of aliphatic hydroxyl groups is 2. The van der Waals surface area contributed by atoms with Crippen molar-refractivity contribution in [3.63, 3.8) is 0 Å². The molecule has 2 saturated carbocycles. The second-order valence-corrected chi connectivity index (χ2v) is 17.9. The van der Waals surface area contributed by atoms with E-state index in [0.29, 0.717) is 61.5 Å². The predicted octanol–water partition coefficient (Wildman–Crippen LogP) is 11.1. The Morgan fingerprint density at radius 1 is 0.965 bits per heavy atom. The van der Waals surface area contributed by atoms with Gasteiger partial charge in [0.05, 0.1) is 23.8 Å². The molecule has 0 saturated heterocycles. The van der Waals surface area contributed by atoms with E-state index in [4.69, 9.17) is 4.74 Å². The number of rotatable bonds is 8. The third-order valence-corrected chi connectivity index (χ3v) is 13.5. The summed E-state index contributed by atoms with van der Waals surface area (Å²) in [4.78, 5) is 30.6. The number of hydrogen-bond acceptors (Lipinski definition) is 5. The highest BCUT2D eigenvalue weighted by molar-refractivity contribution is 6.10. The fraction of sp³-hybridized carbons (Fsp3) is 0.542. The highest BCUT2D eigenvalue weighted by atomic mass is 19.4. The van der Waals surface area contributed by atoms with Crippen LogP contribution >= 0.6 is 0 Å². The first-order valence-corrected chi connectivity index (χ1v) is 20.9. The average Bonchev–Trinajstić information content (AvgIpc) is 3.41. The Bertz CT molecular complexity index is 1910. The van der Waals surface area contributed by atoms with Crippen LogP contribution in [0.15, 0.2) is 84.4 Å². The molecule has 4 aliphatic rings. The summed E-state index contributed by atoms with van der Waals surface area (Å²) in [7, 11) is 0. The van der Waals surface area contributed by atoms with Crippen molar-refractivity contribution in [2.45, 2.75) is 135 Å². The van der Waals surface area contributed by atoms with Gasteiger partial charge >= 0.3 is 12.3 Å². The molecule has 2 fully saturated rings. The minimum Gasteiger partial charge on any atom is -0.446 e. The molecule has 7 atom stereocenters. The van der Waals surface area contributed by atoms with Crippen LogP contribution in [-0.4, -0.2) is 51.3 Å². The topological polar surface area (TPSA) is 87.1 Å². The fourth-order valence-electron chi connectivity index (χ4n) is 9.95. The van der Waals surface area contributed by atoms with Crippen molar-refractivity contribution in [3.05, 3.63) is 118 Å². The molecule has 0 aliphatic heterocycles. The number of allylic oxidation sites excluding steroid dienone is 2. The molecule has 6 nitrogen and oxygen atoms in total. The van der Waals surface area contributed by atoms with Crippen LogP contribution in [0, 0.1) is 23.2 Å². The lowest BCUT2D eigenvalue weighted by molar-refractivity contribution is -0.137. The molecule has 0 spiro atoms. The molecule has 308 valence electrons. The zero-order chi connectivity index (χ0) is 41.1. The minimum absolute atomic E-state index is 0.00618. The predicted molar refractivity (Wildman–Crippen MR) is 217 cm³/mol. The summed E-state index contributed by atoms with van der Waals surface area (Å²) in [5, 5.41) is 24.1. The third-order valence-electron chi connectivity index (χ3n) is 13.5. The van der Waals surface area contributed by atoms with E-state index in [1.165, 1.54) is 12.1 Å². The maximum atomic E-state index is 14.5. The van der Waals surface area contributed by atoms with Gasteiger partial charge in [0.2, 0.25) is 0 Å². The number of hydrogen-bond donors (Lipinski definition) is 2. The van der Waals surface area contributed by atoms with Gasteiger partial charge in [-0.25, -0.2) is 4.79 Å². The standard InChI is InChI=1S/C48H60F3NO5/c1-31(2)39-20-17-33(4)25-43(39)57-45(55)52(29-34-12-7-6-8-13-34)30-47(56)24-22-42-40-21-18-35(26-38(53)19-16-32(3)11-10-23-46(42,47)5)27-41(40)44(54)36-14-9-15-37(28-36)48(49,50)51/h6-9,11-15,18,21,27-28,31,33,38-39,42-43,53,56H,10,16-17,19-20,22-26,29-30H2,1-5H3/t33-,38-,39+,42-,43-,46-,47+/m0/s1. The molecular formula is C48H60F3NO5. The van der Waals surface area contributed by atoms with Crippen molar-refractivity contribution < 1.29 is 37.7 Å². The first-order valence-electron chi connectivity index (χ1n) is 20.9. The lowest BCUT2D eigenvalue weighted by atomic mass is 9.64. The summed E-state index contributed by atoms with van der Waals surface area (Å²) < 4.78 is 47.9. The second-order valence-electron chi connectivity index (χ2n) is 17.9. The van der Waals surface area contributed by atoms with Gasteiger partial charge in [-0.15, -0.1) is 0 Å². The lowest BCUT2D eigenvalue weighted by Gasteiger charge is -2.46. The van der Waals surface area contributed by atoms with Crippen molar-refractivity contribution in [3.8, 4) is 0 Å². The monoisotopic (exact) mass is 787 g/mol. The Morgan fingerprint density at radius 2 is 1.72 bits per heavy atom. The van der Waals surface area contributed by atoms with Gasteiger partial charge in [0.1, 0.15) is 6.10 Å². The van der Waals surface area contributed by atoms with Gasteiger partial charge in [0, 0.05) is 23.1 Å². The Kier molecular flexibility index (Phi) is 13.1. The quantitative estimate of drug-likeness (QED) is 0.175. The Labute approximate surface area is 336 Å². The first kappa shape index (κ1) is 42.7. The van der Waals surface area contributed by atoms with Crippen LogP contribution in [0.4, 0.5) is 18.0 Å². The van der Waals surface area contributed by atoms with E-state index in [-0.39, 0.29) is 48.6 Å². The Hall–Kier alpha value is -3.95. The largest absolute Gasteiger partial charge is 0.446 e. The molecule has 0 radical (unpaired) electrons.